The minimum Gasteiger partial charge on any atom is -0.378 e. The van der Waals surface area contributed by atoms with Gasteiger partial charge in [0.15, 0.2) is 5.84 Å². The summed E-state index contributed by atoms with van der Waals surface area (Å²) in [6.45, 7) is 2.02. The number of aromatic nitrogens is 1. The van der Waals surface area contributed by atoms with Gasteiger partial charge in [-0.25, -0.2) is 9.98 Å². The number of halogens is 2. The molecule has 5 nitrogen and oxygen atoms in total. The van der Waals surface area contributed by atoms with Gasteiger partial charge in [0.2, 0.25) is 0 Å². The Morgan fingerprint density at radius 2 is 1.73 bits per heavy atom. The molecule has 7 heteroatoms. The SMILES string of the molecule is Cc1cc(Br)cc(Br)c1N=C(N/N=C/c1ccc(N(C)C)cc1)c1ccc2ccccc2n1. The van der Waals surface area contributed by atoms with Gasteiger partial charge in [0, 0.05) is 34.1 Å². The van der Waals surface area contributed by atoms with E-state index in [-0.39, 0.29) is 0 Å². The maximum absolute atomic E-state index is 4.90. The Labute approximate surface area is 210 Å². The van der Waals surface area contributed by atoms with Crippen LogP contribution in [0.4, 0.5) is 11.4 Å². The molecule has 4 rings (SSSR count). The third-order valence-corrected chi connectivity index (χ3v) is 6.14. The highest BCUT2D eigenvalue weighted by Gasteiger charge is 2.10. The van der Waals surface area contributed by atoms with Crippen LogP contribution in [-0.2, 0) is 0 Å². The molecule has 33 heavy (non-hydrogen) atoms. The van der Waals surface area contributed by atoms with Crippen molar-refractivity contribution in [3.8, 4) is 0 Å². The molecule has 0 saturated carbocycles. The van der Waals surface area contributed by atoms with Gasteiger partial charge < -0.3 is 4.90 Å². The minimum absolute atomic E-state index is 0.563. The molecule has 0 aliphatic carbocycles. The Morgan fingerprint density at radius 3 is 2.45 bits per heavy atom. The van der Waals surface area contributed by atoms with Crippen LogP contribution in [0.2, 0.25) is 0 Å². The van der Waals surface area contributed by atoms with Crippen molar-refractivity contribution in [2.24, 2.45) is 10.1 Å². The number of nitrogens with one attached hydrogen (secondary N) is 1. The van der Waals surface area contributed by atoms with Gasteiger partial charge in [0.25, 0.3) is 0 Å². The van der Waals surface area contributed by atoms with E-state index in [9.17, 15) is 0 Å². The number of para-hydroxylation sites is 1. The summed E-state index contributed by atoms with van der Waals surface area (Å²) in [7, 11) is 4.04. The molecule has 1 heterocycles. The van der Waals surface area contributed by atoms with Crippen LogP contribution in [0.3, 0.4) is 0 Å². The van der Waals surface area contributed by atoms with Crippen molar-refractivity contribution < 1.29 is 0 Å². The van der Waals surface area contributed by atoms with Crippen LogP contribution in [0.25, 0.3) is 10.9 Å². The predicted octanol–water partition coefficient (Wildman–Crippen LogP) is 6.84. The van der Waals surface area contributed by atoms with Crippen molar-refractivity contribution >= 4 is 66.2 Å². The lowest BCUT2D eigenvalue weighted by Crippen LogP contribution is -2.20. The summed E-state index contributed by atoms with van der Waals surface area (Å²) in [5.41, 5.74) is 8.70. The average Bonchev–Trinajstić information content (AvgIpc) is 2.80. The van der Waals surface area contributed by atoms with Gasteiger partial charge in [-0.2, -0.15) is 5.10 Å². The van der Waals surface area contributed by atoms with E-state index in [0.717, 1.165) is 42.4 Å². The van der Waals surface area contributed by atoms with Crippen molar-refractivity contribution in [2.45, 2.75) is 6.92 Å². The zero-order chi connectivity index (χ0) is 23.4. The Kier molecular flexibility index (Phi) is 7.20. The molecule has 1 N–H and O–H groups in total. The van der Waals surface area contributed by atoms with Gasteiger partial charge in [-0.05, 0) is 70.4 Å². The van der Waals surface area contributed by atoms with Crippen LogP contribution in [0.15, 0.2) is 91.8 Å². The second-order valence-electron chi connectivity index (χ2n) is 7.76. The molecule has 0 spiro atoms. The molecule has 0 fully saturated rings. The fraction of sp³-hybridized carbons (Fsp3) is 0.115. The van der Waals surface area contributed by atoms with Crippen LogP contribution in [-0.4, -0.2) is 31.1 Å². The van der Waals surface area contributed by atoms with Crippen LogP contribution in [0, 0.1) is 6.92 Å². The second-order valence-corrected chi connectivity index (χ2v) is 9.53. The molecule has 166 valence electrons. The van der Waals surface area contributed by atoms with Gasteiger partial charge in [-0.1, -0.05) is 52.3 Å². The van der Waals surface area contributed by atoms with Gasteiger partial charge >= 0.3 is 0 Å². The first-order valence-electron chi connectivity index (χ1n) is 10.4. The summed E-state index contributed by atoms with van der Waals surface area (Å²) >= 11 is 7.17. The number of anilines is 1. The number of amidine groups is 1. The zero-order valence-electron chi connectivity index (χ0n) is 18.6. The van der Waals surface area contributed by atoms with E-state index in [0.29, 0.717) is 11.5 Å². The number of nitrogens with zero attached hydrogens (tertiary/aromatic N) is 4. The summed E-state index contributed by atoms with van der Waals surface area (Å²) in [4.78, 5) is 11.8. The summed E-state index contributed by atoms with van der Waals surface area (Å²) in [6, 6.07) is 24.2. The Balaban J connectivity index is 1.71. The highest BCUT2D eigenvalue weighted by Crippen LogP contribution is 2.33. The Bertz CT molecular complexity index is 1320. The van der Waals surface area contributed by atoms with E-state index in [1.807, 2.05) is 81.7 Å². The molecule has 3 aromatic carbocycles. The maximum atomic E-state index is 4.90. The number of hydrazone groups is 1. The molecule has 1 aromatic heterocycles. The number of benzene rings is 3. The molecule has 0 atom stereocenters. The highest BCUT2D eigenvalue weighted by atomic mass is 79.9. The summed E-state index contributed by atoms with van der Waals surface area (Å²) in [5.74, 6) is 0.563. The summed E-state index contributed by atoms with van der Waals surface area (Å²) < 4.78 is 1.88. The van der Waals surface area contributed by atoms with E-state index in [2.05, 4.69) is 59.4 Å². The molecular weight excluding hydrogens is 542 g/mol. The van der Waals surface area contributed by atoms with E-state index < -0.39 is 0 Å². The highest BCUT2D eigenvalue weighted by molar-refractivity contribution is 9.11. The lowest BCUT2D eigenvalue weighted by atomic mass is 10.2. The van der Waals surface area contributed by atoms with E-state index >= 15 is 0 Å². The number of fused-ring (bicyclic) bond motifs is 1. The molecule has 0 unspecified atom stereocenters. The first-order valence-corrected chi connectivity index (χ1v) is 12.0. The quantitative estimate of drug-likeness (QED) is 0.164. The zero-order valence-corrected chi connectivity index (χ0v) is 21.7. The fourth-order valence-electron chi connectivity index (χ4n) is 3.31. The number of aliphatic imine (C=N–C) groups is 1. The van der Waals surface area contributed by atoms with Crippen molar-refractivity contribution in [1.29, 1.82) is 0 Å². The third-order valence-electron chi connectivity index (χ3n) is 5.08. The first-order chi connectivity index (χ1) is 15.9. The van der Waals surface area contributed by atoms with Crippen molar-refractivity contribution in [2.75, 3.05) is 19.0 Å². The number of hydrogen-bond donors (Lipinski definition) is 1. The van der Waals surface area contributed by atoms with Crippen LogP contribution in [0.1, 0.15) is 16.8 Å². The smallest absolute Gasteiger partial charge is 0.173 e. The third kappa shape index (κ3) is 5.67. The maximum Gasteiger partial charge on any atom is 0.173 e. The molecule has 0 aliphatic heterocycles. The predicted molar refractivity (Wildman–Crippen MR) is 146 cm³/mol. The lowest BCUT2D eigenvalue weighted by molar-refractivity contribution is 1.02. The van der Waals surface area contributed by atoms with Crippen LogP contribution >= 0.6 is 31.9 Å². The van der Waals surface area contributed by atoms with Gasteiger partial charge in [-0.15, -0.1) is 0 Å². The summed E-state index contributed by atoms with van der Waals surface area (Å²) in [5, 5.41) is 5.54. The van der Waals surface area contributed by atoms with Crippen molar-refractivity contribution in [3.05, 3.63) is 98.6 Å². The normalized spacial score (nSPS) is 11.8. The molecular formula is C26H23Br2N5. The van der Waals surface area contributed by atoms with E-state index in [4.69, 9.17) is 9.98 Å². The monoisotopic (exact) mass is 563 g/mol. The largest absolute Gasteiger partial charge is 0.378 e. The molecule has 0 saturated heterocycles. The van der Waals surface area contributed by atoms with E-state index in [1.165, 1.54) is 0 Å². The molecule has 0 radical (unpaired) electrons. The number of hydrogen-bond acceptors (Lipinski definition) is 4. The average molecular weight is 565 g/mol. The number of aryl methyl sites for hydroxylation is 1. The minimum atomic E-state index is 0.563. The van der Waals surface area contributed by atoms with Crippen LogP contribution < -0.4 is 10.3 Å². The molecule has 0 bridgehead atoms. The van der Waals surface area contributed by atoms with Crippen molar-refractivity contribution in [1.82, 2.24) is 10.4 Å². The standard InChI is InChI=1S/C26H23Br2N5/c1-17-14-20(27)15-22(28)25(17)31-26(24-13-10-19-6-4-5-7-23(19)30-24)32-29-16-18-8-11-21(12-9-18)33(2)3/h4-16H,1-3H3,(H,31,32)/b29-16+. The Morgan fingerprint density at radius 1 is 0.970 bits per heavy atom. The number of pyridine rings is 1. The van der Waals surface area contributed by atoms with Crippen molar-refractivity contribution in [3.63, 3.8) is 0 Å². The van der Waals surface area contributed by atoms with Gasteiger partial charge in [-0.3, -0.25) is 5.43 Å². The van der Waals surface area contributed by atoms with Gasteiger partial charge in [0.05, 0.1) is 17.4 Å². The lowest BCUT2D eigenvalue weighted by Gasteiger charge is -2.12. The van der Waals surface area contributed by atoms with Gasteiger partial charge in [0.1, 0.15) is 5.69 Å². The van der Waals surface area contributed by atoms with Crippen LogP contribution in [0.5, 0.6) is 0 Å². The first kappa shape index (κ1) is 23.1. The Hall–Kier alpha value is -3.03. The topological polar surface area (TPSA) is 52.9 Å². The molecule has 0 aliphatic rings. The van der Waals surface area contributed by atoms with E-state index in [1.54, 1.807) is 6.21 Å². The molecule has 4 aromatic rings. The fourth-order valence-corrected chi connectivity index (χ4v) is 4.84. The summed E-state index contributed by atoms with van der Waals surface area (Å²) in [6.07, 6.45) is 1.78. The second kappa shape index (κ2) is 10.3. The molecule has 0 amide bonds. The number of rotatable bonds is 5.